The van der Waals surface area contributed by atoms with E-state index in [0.717, 1.165) is 29.8 Å². The summed E-state index contributed by atoms with van der Waals surface area (Å²) >= 11 is 0. The summed E-state index contributed by atoms with van der Waals surface area (Å²) in [5, 5.41) is 0. The number of methoxy groups -OCH3 is 1. The molecule has 1 atom stereocenters. The molecule has 3 rings (SSSR count). The number of likely N-dealkylation sites (N-methyl/N-ethyl adjacent to an activating group) is 1. The van der Waals surface area contributed by atoms with Crippen molar-refractivity contribution in [3.63, 3.8) is 0 Å². The minimum Gasteiger partial charge on any atom is -0.496 e. The molecule has 110 valence electrons. The molecule has 1 unspecified atom stereocenters. The Labute approximate surface area is 126 Å². The van der Waals surface area contributed by atoms with Gasteiger partial charge in [0.2, 0.25) is 0 Å². The predicted octanol–water partition coefficient (Wildman–Crippen LogP) is 3.37. The van der Waals surface area contributed by atoms with Crippen LogP contribution in [0.2, 0.25) is 0 Å². The smallest absolute Gasteiger partial charge is 0.126 e. The number of ether oxygens (including phenoxy) is 1. The van der Waals surface area contributed by atoms with Crippen molar-refractivity contribution in [3.05, 3.63) is 47.5 Å². The number of nitrogens with two attached hydrogens (primary N) is 1. The molecule has 2 aromatic carbocycles. The summed E-state index contributed by atoms with van der Waals surface area (Å²) in [6.45, 7) is 3.10. The van der Waals surface area contributed by atoms with Gasteiger partial charge in [-0.25, -0.2) is 0 Å². The summed E-state index contributed by atoms with van der Waals surface area (Å²) < 4.78 is 5.52. The second kappa shape index (κ2) is 5.41. The van der Waals surface area contributed by atoms with E-state index in [1.54, 1.807) is 7.11 Å². The van der Waals surface area contributed by atoms with Gasteiger partial charge in [-0.05, 0) is 54.3 Å². The van der Waals surface area contributed by atoms with Crippen molar-refractivity contribution in [2.24, 2.45) is 5.73 Å². The maximum atomic E-state index is 6.01. The van der Waals surface area contributed by atoms with E-state index in [-0.39, 0.29) is 6.04 Å². The Bertz CT molecular complexity index is 664. The van der Waals surface area contributed by atoms with E-state index in [2.05, 4.69) is 36.2 Å². The summed E-state index contributed by atoms with van der Waals surface area (Å²) in [4.78, 5) is 2.30. The minimum absolute atomic E-state index is 0.0233. The van der Waals surface area contributed by atoms with Gasteiger partial charge >= 0.3 is 0 Å². The summed E-state index contributed by atoms with van der Waals surface area (Å²) in [6, 6.07) is 12.9. The SMILES string of the molecule is COc1ccc(C(C)N)cc1-c1ccc2c(c1)CCN2C. The minimum atomic E-state index is 0.0233. The number of anilines is 1. The second-order valence-corrected chi connectivity index (χ2v) is 5.76. The molecular weight excluding hydrogens is 260 g/mol. The van der Waals surface area contributed by atoms with E-state index in [1.807, 2.05) is 19.1 Å². The number of benzene rings is 2. The maximum Gasteiger partial charge on any atom is 0.126 e. The third-order valence-corrected chi connectivity index (χ3v) is 4.27. The summed E-state index contributed by atoms with van der Waals surface area (Å²) in [5.41, 5.74) is 12.2. The van der Waals surface area contributed by atoms with Crippen molar-refractivity contribution in [3.8, 4) is 16.9 Å². The first kappa shape index (κ1) is 14.0. The van der Waals surface area contributed by atoms with E-state index in [1.165, 1.54) is 16.8 Å². The van der Waals surface area contributed by atoms with Crippen LogP contribution in [-0.4, -0.2) is 20.7 Å². The molecule has 21 heavy (non-hydrogen) atoms. The number of nitrogens with zero attached hydrogens (tertiary/aromatic N) is 1. The van der Waals surface area contributed by atoms with Gasteiger partial charge in [0.05, 0.1) is 7.11 Å². The molecule has 1 heterocycles. The highest BCUT2D eigenvalue weighted by molar-refractivity contribution is 5.75. The van der Waals surface area contributed by atoms with Crippen LogP contribution in [0, 0.1) is 0 Å². The van der Waals surface area contributed by atoms with E-state index < -0.39 is 0 Å². The van der Waals surface area contributed by atoms with Gasteiger partial charge in [0.25, 0.3) is 0 Å². The third-order valence-electron chi connectivity index (χ3n) is 4.27. The fourth-order valence-corrected chi connectivity index (χ4v) is 2.97. The molecule has 1 aliphatic rings. The van der Waals surface area contributed by atoms with E-state index in [0.29, 0.717) is 0 Å². The lowest BCUT2D eigenvalue weighted by Gasteiger charge is -2.15. The van der Waals surface area contributed by atoms with Gasteiger partial charge in [0.15, 0.2) is 0 Å². The van der Waals surface area contributed by atoms with Crippen LogP contribution in [0.3, 0.4) is 0 Å². The maximum absolute atomic E-state index is 6.01. The van der Waals surface area contributed by atoms with Gasteiger partial charge in [-0.2, -0.15) is 0 Å². The number of hydrogen-bond acceptors (Lipinski definition) is 3. The molecule has 0 bridgehead atoms. The monoisotopic (exact) mass is 282 g/mol. The molecule has 0 saturated carbocycles. The van der Waals surface area contributed by atoms with Gasteiger partial charge in [-0.1, -0.05) is 12.1 Å². The third kappa shape index (κ3) is 2.49. The van der Waals surface area contributed by atoms with Crippen LogP contribution in [0.4, 0.5) is 5.69 Å². The lowest BCUT2D eigenvalue weighted by atomic mass is 9.97. The normalized spacial score (nSPS) is 15.0. The van der Waals surface area contributed by atoms with Crippen LogP contribution >= 0.6 is 0 Å². The molecule has 0 radical (unpaired) electrons. The molecule has 0 aromatic heterocycles. The van der Waals surface area contributed by atoms with Crippen molar-refractivity contribution >= 4 is 5.69 Å². The lowest BCUT2D eigenvalue weighted by Crippen LogP contribution is -2.12. The summed E-state index contributed by atoms with van der Waals surface area (Å²) in [5.74, 6) is 0.894. The molecule has 0 spiro atoms. The molecule has 0 amide bonds. The Hall–Kier alpha value is -2.00. The lowest BCUT2D eigenvalue weighted by molar-refractivity contribution is 0.416. The Morgan fingerprint density at radius 3 is 2.71 bits per heavy atom. The zero-order chi connectivity index (χ0) is 15.0. The zero-order valence-corrected chi connectivity index (χ0v) is 12.9. The Morgan fingerprint density at radius 1 is 1.19 bits per heavy atom. The quantitative estimate of drug-likeness (QED) is 0.938. The molecule has 0 saturated heterocycles. The number of rotatable bonds is 3. The zero-order valence-electron chi connectivity index (χ0n) is 12.9. The van der Waals surface area contributed by atoms with Crippen LogP contribution in [0.15, 0.2) is 36.4 Å². The highest BCUT2D eigenvalue weighted by Crippen LogP contribution is 2.36. The van der Waals surface area contributed by atoms with E-state index in [9.17, 15) is 0 Å². The Morgan fingerprint density at radius 2 is 2.00 bits per heavy atom. The number of fused-ring (bicyclic) bond motifs is 1. The molecule has 0 fully saturated rings. The van der Waals surface area contributed by atoms with Gasteiger partial charge in [-0.3, -0.25) is 0 Å². The molecule has 1 aliphatic heterocycles. The first-order chi connectivity index (χ1) is 10.1. The fraction of sp³-hybridized carbons (Fsp3) is 0.333. The van der Waals surface area contributed by atoms with E-state index >= 15 is 0 Å². The number of hydrogen-bond donors (Lipinski definition) is 1. The summed E-state index contributed by atoms with van der Waals surface area (Å²) in [7, 11) is 3.86. The van der Waals surface area contributed by atoms with Crippen LogP contribution in [-0.2, 0) is 6.42 Å². The first-order valence-corrected chi connectivity index (χ1v) is 7.38. The average Bonchev–Trinajstić information content (AvgIpc) is 2.87. The highest BCUT2D eigenvalue weighted by Gasteiger charge is 2.17. The van der Waals surface area contributed by atoms with Gasteiger partial charge in [0.1, 0.15) is 5.75 Å². The van der Waals surface area contributed by atoms with Crippen molar-refractivity contribution in [1.82, 2.24) is 0 Å². The Balaban J connectivity index is 2.09. The second-order valence-electron chi connectivity index (χ2n) is 5.76. The van der Waals surface area contributed by atoms with Crippen LogP contribution in [0.1, 0.15) is 24.1 Å². The molecular formula is C18H22N2O. The standard InChI is InChI=1S/C18H22N2O/c1-12(19)13-5-7-18(21-3)16(11-13)14-4-6-17-15(10-14)8-9-20(17)2/h4-7,10-12H,8-9,19H2,1-3H3. The largest absolute Gasteiger partial charge is 0.496 e. The molecule has 2 aromatic rings. The molecule has 0 aliphatic carbocycles. The topological polar surface area (TPSA) is 38.5 Å². The summed E-state index contributed by atoms with van der Waals surface area (Å²) in [6.07, 6.45) is 1.11. The average molecular weight is 282 g/mol. The Kier molecular flexibility index (Phi) is 3.60. The van der Waals surface area contributed by atoms with Crippen molar-refractivity contribution in [2.45, 2.75) is 19.4 Å². The van der Waals surface area contributed by atoms with Gasteiger partial charge in [-0.15, -0.1) is 0 Å². The van der Waals surface area contributed by atoms with Crippen LogP contribution in [0.25, 0.3) is 11.1 Å². The first-order valence-electron chi connectivity index (χ1n) is 7.38. The van der Waals surface area contributed by atoms with Crippen LogP contribution in [0.5, 0.6) is 5.75 Å². The van der Waals surface area contributed by atoms with E-state index in [4.69, 9.17) is 10.5 Å². The van der Waals surface area contributed by atoms with Gasteiger partial charge in [0, 0.05) is 30.9 Å². The molecule has 2 N–H and O–H groups in total. The van der Waals surface area contributed by atoms with Crippen LogP contribution < -0.4 is 15.4 Å². The van der Waals surface area contributed by atoms with Crippen molar-refractivity contribution in [2.75, 3.05) is 25.6 Å². The molecule has 3 heteroatoms. The predicted molar refractivity (Wildman–Crippen MR) is 88.0 cm³/mol. The van der Waals surface area contributed by atoms with Crippen molar-refractivity contribution < 1.29 is 4.74 Å². The van der Waals surface area contributed by atoms with Gasteiger partial charge < -0.3 is 15.4 Å². The highest BCUT2D eigenvalue weighted by atomic mass is 16.5. The van der Waals surface area contributed by atoms with Crippen molar-refractivity contribution in [1.29, 1.82) is 0 Å². The molecule has 3 nitrogen and oxygen atoms in total. The fourth-order valence-electron chi connectivity index (χ4n) is 2.97.